The van der Waals surface area contributed by atoms with Gasteiger partial charge >= 0.3 is 0 Å². The van der Waals surface area contributed by atoms with Crippen LogP contribution < -0.4 is 4.90 Å². The third kappa shape index (κ3) is 2.55. The van der Waals surface area contributed by atoms with E-state index in [-0.39, 0.29) is 0 Å². The van der Waals surface area contributed by atoms with Crippen LogP contribution in [0.5, 0.6) is 0 Å². The molecular formula is C17H19IN4. The number of rotatable bonds is 3. The second-order valence-corrected chi connectivity index (χ2v) is 7.04. The van der Waals surface area contributed by atoms with E-state index in [1.54, 1.807) is 0 Å². The average Bonchev–Trinajstić information content (AvgIpc) is 2.93. The third-order valence-electron chi connectivity index (χ3n) is 4.62. The summed E-state index contributed by atoms with van der Waals surface area (Å²) >= 11 is 2.49. The molecule has 0 spiro atoms. The normalized spacial score (nSPS) is 16.7. The summed E-state index contributed by atoms with van der Waals surface area (Å²) < 4.78 is 3.34. The first-order valence-corrected chi connectivity index (χ1v) is 9.42. The minimum absolute atomic E-state index is 0.799. The minimum atomic E-state index is 0.799. The first kappa shape index (κ1) is 14.2. The summed E-state index contributed by atoms with van der Waals surface area (Å²) in [7, 11) is 0. The van der Waals surface area contributed by atoms with Gasteiger partial charge in [0.2, 0.25) is 5.78 Å². The van der Waals surface area contributed by atoms with E-state index in [1.165, 1.54) is 23.7 Å². The number of halogens is 1. The number of hydrogen-bond acceptors (Lipinski definition) is 3. The molecule has 5 heteroatoms. The predicted molar refractivity (Wildman–Crippen MR) is 98.9 cm³/mol. The molecule has 4 nitrogen and oxygen atoms in total. The Morgan fingerprint density at radius 3 is 2.73 bits per heavy atom. The molecule has 0 amide bonds. The van der Waals surface area contributed by atoms with Crippen molar-refractivity contribution in [3.63, 3.8) is 0 Å². The number of fused-ring (bicyclic) bond motifs is 3. The van der Waals surface area contributed by atoms with Crippen LogP contribution in [0.15, 0.2) is 36.5 Å². The summed E-state index contributed by atoms with van der Waals surface area (Å²) in [4.78, 5) is 11.8. The van der Waals surface area contributed by atoms with E-state index in [9.17, 15) is 0 Å². The van der Waals surface area contributed by atoms with Crippen molar-refractivity contribution < 1.29 is 0 Å². The zero-order chi connectivity index (χ0) is 14.9. The Labute approximate surface area is 143 Å². The highest BCUT2D eigenvalue weighted by molar-refractivity contribution is 14.1. The topological polar surface area (TPSA) is 33.4 Å². The fourth-order valence-corrected chi connectivity index (χ4v) is 4.20. The van der Waals surface area contributed by atoms with Gasteiger partial charge in [-0.25, -0.2) is 4.98 Å². The Kier molecular flexibility index (Phi) is 3.90. The van der Waals surface area contributed by atoms with Crippen molar-refractivity contribution in [2.75, 3.05) is 22.4 Å². The van der Waals surface area contributed by atoms with Gasteiger partial charge in [-0.15, -0.1) is 0 Å². The van der Waals surface area contributed by atoms with Gasteiger partial charge in [-0.2, -0.15) is 4.98 Å². The summed E-state index contributed by atoms with van der Waals surface area (Å²) in [5.74, 6) is 2.76. The van der Waals surface area contributed by atoms with E-state index in [0.717, 1.165) is 41.6 Å². The molecule has 1 aromatic carbocycles. The van der Waals surface area contributed by atoms with Gasteiger partial charge in [-0.05, 0) is 47.8 Å². The lowest BCUT2D eigenvalue weighted by Gasteiger charge is -2.32. The van der Waals surface area contributed by atoms with Crippen LogP contribution in [0.2, 0.25) is 0 Å². The van der Waals surface area contributed by atoms with Crippen LogP contribution in [-0.2, 0) is 0 Å². The van der Waals surface area contributed by atoms with Crippen LogP contribution in [0.4, 0.5) is 5.82 Å². The molecule has 1 fully saturated rings. The maximum atomic E-state index is 4.78. The number of nitrogens with zero attached hydrogens (tertiary/aromatic N) is 4. The van der Waals surface area contributed by atoms with Gasteiger partial charge in [0.05, 0.1) is 11.0 Å². The quantitative estimate of drug-likeness (QED) is 0.488. The van der Waals surface area contributed by atoms with Crippen LogP contribution in [0, 0.1) is 5.92 Å². The monoisotopic (exact) mass is 406 g/mol. The molecule has 22 heavy (non-hydrogen) atoms. The van der Waals surface area contributed by atoms with E-state index < -0.39 is 0 Å². The van der Waals surface area contributed by atoms with Crippen LogP contribution in [0.1, 0.15) is 19.3 Å². The summed E-state index contributed by atoms with van der Waals surface area (Å²) in [5.41, 5.74) is 2.13. The van der Waals surface area contributed by atoms with Crippen LogP contribution in [0.25, 0.3) is 16.8 Å². The maximum absolute atomic E-state index is 4.78. The van der Waals surface area contributed by atoms with E-state index >= 15 is 0 Å². The smallest absolute Gasteiger partial charge is 0.236 e. The van der Waals surface area contributed by atoms with Gasteiger partial charge in [-0.1, -0.05) is 34.7 Å². The molecular weight excluding hydrogens is 387 g/mol. The highest BCUT2D eigenvalue weighted by atomic mass is 127. The van der Waals surface area contributed by atoms with E-state index in [2.05, 4.69) is 55.2 Å². The second-order valence-electron chi connectivity index (χ2n) is 5.96. The molecule has 1 aliphatic heterocycles. The molecule has 0 saturated carbocycles. The molecule has 1 aliphatic rings. The predicted octanol–water partition coefficient (Wildman–Crippen LogP) is 3.92. The van der Waals surface area contributed by atoms with Crippen LogP contribution in [0.3, 0.4) is 0 Å². The molecule has 0 radical (unpaired) electrons. The summed E-state index contributed by atoms with van der Waals surface area (Å²) in [6.07, 6.45) is 6.02. The molecule has 4 rings (SSSR count). The Balaban J connectivity index is 1.62. The first-order chi connectivity index (χ1) is 10.8. The zero-order valence-electron chi connectivity index (χ0n) is 12.5. The second kappa shape index (κ2) is 6.02. The Morgan fingerprint density at radius 1 is 1.09 bits per heavy atom. The fraction of sp³-hybridized carbons (Fsp3) is 0.412. The van der Waals surface area contributed by atoms with Crippen LogP contribution in [-0.4, -0.2) is 31.9 Å². The number of hydrogen-bond donors (Lipinski definition) is 0. The van der Waals surface area contributed by atoms with E-state index in [0.29, 0.717) is 0 Å². The number of aromatic nitrogens is 3. The van der Waals surface area contributed by atoms with Crippen LogP contribution >= 0.6 is 22.6 Å². The van der Waals surface area contributed by atoms with Crippen molar-refractivity contribution >= 4 is 45.2 Å². The Bertz CT molecular complexity index is 790. The van der Waals surface area contributed by atoms with Crippen molar-refractivity contribution in [1.82, 2.24) is 14.4 Å². The Hall–Kier alpha value is -1.37. The van der Waals surface area contributed by atoms with Gasteiger partial charge in [0.15, 0.2) is 0 Å². The number of alkyl halides is 1. The van der Waals surface area contributed by atoms with Gasteiger partial charge in [0.1, 0.15) is 5.82 Å². The standard InChI is InChI=1S/C17H19IN4/c18-9-5-13-6-10-21(11-7-13)16-8-12-22-15-4-2-1-3-14(15)19-17(22)20-16/h1-4,8,12-13H,5-7,9-11H2. The number of piperidine rings is 1. The van der Waals surface area contributed by atoms with Crippen molar-refractivity contribution in [3.05, 3.63) is 36.5 Å². The summed E-state index contributed by atoms with van der Waals surface area (Å²) in [6.45, 7) is 2.23. The van der Waals surface area contributed by atoms with E-state index in [1.807, 2.05) is 18.2 Å². The lowest BCUT2D eigenvalue weighted by molar-refractivity contribution is 0.398. The first-order valence-electron chi connectivity index (χ1n) is 7.90. The van der Waals surface area contributed by atoms with Gasteiger partial charge in [0.25, 0.3) is 0 Å². The lowest BCUT2D eigenvalue weighted by atomic mass is 9.94. The molecule has 0 N–H and O–H groups in total. The average molecular weight is 406 g/mol. The van der Waals surface area contributed by atoms with Crippen molar-refractivity contribution in [2.45, 2.75) is 19.3 Å². The van der Waals surface area contributed by atoms with Crippen molar-refractivity contribution in [2.24, 2.45) is 5.92 Å². The maximum Gasteiger partial charge on any atom is 0.236 e. The molecule has 2 aromatic heterocycles. The zero-order valence-corrected chi connectivity index (χ0v) is 14.6. The number of para-hydroxylation sites is 2. The highest BCUT2D eigenvalue weighted by Gasteiger charge is 2.20. The fourth-order valence-electron chi connectivity index (χ4n) is 3.32. The van der Waals surface area contributed by atoms with Crippen molar-refractivity contribution in [3.8, 4) is 0 Å². The lowest BCUT2D eigenvalue weighted by Crippen LogP contribution is -2.34. The molecule has 0 atom stereocenters. The molecule has 0 aliphatic carbocycles. The molecule has 0 bridgehead atoms. The van der Waals surface area contributed by atoms with Crippen molar-refractivity contribution in [1.29, 1.82) is 0 Å². The number of anilines is 1. The Morgan fingerprint density at radius 2 is 1.91 bits per heavy atom. The summed E-state index contributed by atoms with van der Waals surface area (Å²) in [5, 5.41) is 0. The third-order valence-corrected chi connectivity index (χ3v) is 5.24. The molecule has 114 valence electrons. The minimum Gasteiger partial charge on any atom is -0.356 e. The largest absolute Gasteiger partial charge is 0.356 e. The SMILES string of the molecule is ICCC1CCN(c2ccn3c(n2)nc2ccccc23)CC1. The highest BCUT2D eigenvalue weighted by Crippen LogP contribution is 2.25. The summed E-state index contributed by atoms with van der Waals surface area (Å²) in [6, 6.07) is 10.3. The van der Waals surface area contributed by atoms with E-state index in [4.69, 9.17) is 4.98 Å². The molecule has 1 saturated heterocycles. The van der Waals surface area contributed by atoms with Gasteiger partial charge in [-0.3, -0.25) is 4.40 Å². The molecule has 3 aromatic rings. The van der Waals surface area contributed by atoms with Gasteiger partial charge < -0.3 is 4.90 Å². The van der Waals surface area contributed by atoms with Gasteiger partial charge in [0, 0.05) is 19.3 Å². The number of imidazole rings is 1. The molecule has 0 unspecified atom stereocenters. The molecule has 3 heterocycles. The number of benzene rings is 1.